The third-order valence-electron chi connectivity index (χ3n) is 4.77. The Labute approximate surface area is 183 Å². The average molecular weight is 442 g/mol. The van der Waals surface area contributed by atoms with E-state index in [1.54, 1.807) is 6.07 Å². The van der Waals surface area contributed by atoms with Crippen molar-refractivity contribution < 1.29 is 9.18 Å². The number of amides is 1. The van der Waals surface area contributed by atoms with Gasteiger partial charge in [-0.15, -0.1) is 0 Å². The molecule has 0 aliphatic rings. The second-order valence-electron chi connectivity index (χ2n) is 6.90. The van der Waals surface area contributed by atoms with Crippen molar-refractivity contribution in [1.29, 1.82) is 0 Å². The lowest BCUT2D eigenvalue weighted by atomic mass is 10.1. The highest BCUT2D eigenvalue weighted by Crippen LogP contribution is 2.25. The quantitative estimate of drug-likeness (QED) is 0.392. The van der Waals surface area contributed by atoms with Crippen LogP contribution in [0.5, 0.6) is 0 Å². The van der Waals surface area contributed by atoms with Crippen LogP contribution in [0.25, 0.3) is 11.0 Å². The molecule has 0 aliphatic carbocycles. The van der Waals surface area contributed by atoms with Gasteiger partial charge in [-0.25, -0.2) is 9.37 Å². The Balaban J connectivity index is 1.54. The fourth-order valence-electron chi connectivity index (χ4n) is 3.31. The zero-order valence-electron chi connectivity index (χ0n) is 15.9. The fourth-order valence-corrected chi connectivity index (χ4v) is 3.63. The molecule has 3 aromatic carbocycles. The number of carbonyl (C=O) groups excluding carboxylic acids is 1. The number of nitrogens with zero attached hydrogens (tertiary/aromatic N) is 2. The topological polar surface area (TPSA) is 46.9 Å². The van der Waals surface area contributed by atoms with Gasteiger partial charge >= 0.3 is 0 Å². The van der Waals surface area contributed by atoms with Crippen molar-refractivity contribution in [3.05, 3.63) is 94.0 Å². The zero-order chi connectivity index (χ0) is 21.1. The number of halogens is 3. The summed E-state index contributed by atoms with van der Waals surface area (Å²) in [6.45, 7) is 0.462. The van der Waals surface area contributed by atoms with E-state index < -0.39 is 0 Å². The van der Waals surface area contributed by atoms with Crippen LogP contribution in [-0.2, 0) is 17.8 Å². The molecule has 1 N–H and O–H groups in total. The first-order chi connectivity index (χ1) is 14.5. The van der Waals surface area contributed by atoms with Crippen molar-refractivity contribution in [3.8, 4) is 0 Å². The predicted molar refractivity (Wildman–Crippen MR) is 119 cm³/mol. The van der Waals surface area contributed by atoms with Crippen molar-refractivity contribution in [1.82, 2.24) is 9.55 Å². The molecule has 0 bridgehead atoms. The summed E-state index contributed by atoms with van der Waals surface area (Å²) in [6, 6.07) is 19.0. The summed E-state index contributed by atoms with van der Waals surface area (Å²) >= 11 is 12.2. The molecule has 0 spiro atoms. The highest BCUT2D eigenvalue weighted by Gasteiger charge is 2.13. The average Bonchev–Trinajstić information content (AvgIpc) is 3.08. The summed E-state index contributed by atoms with van der Waals surface area (Å²) in [5, 5.41) is 3.79. The minimum absolute atomic E-state index is 0.153. The molecule has 4 nitrogen and oxygen atoms in total. The van der Waals surface area contributed by atoms with Gasteiger partial charge in [0.15, 0.2) is 0 Å². The molecule has 0 radical (unpaired) electrons. The molecule has 0 fully saturated rings. The molecule has 152 valence electrons. The summed E-state index contributed by atoms with van der Waals surface area (Å²) in [7, 11) is 0. The molecule has 0 saturated carbocycles. The SMILES string of the molecule is O=C(CCn1c(Cc2ccc(Cl)c(Cl)c2)nc2ccccc21)Nc1ccc(F)cc1. The summed E-state index contributed by atoms with van der Waals surface area (Å²) in [6.07, 6.45) is 0.817. The molecule has 1 aromatic heterocycles. The van der Waals surface area contributed by atoms with E-state index in [4.69, 9.17) is 28.2 Å². The predicted octanol–water partition coefficient (Wildman–Crippen LogP) is 6.10. The summed E-state index contributed by atoms with van der Waals surface area (Å²) in [5.41, 5.74) is 3.37. The van der Waals surface area contributed by atoms with E-state index in [2.05, 4.69) is 5.32 Å². The van der Waals surface area contributed by atoms with Gasteiger partial charge in [0.05, 0.1) is 21.1 Å². The number of hydrogen-bond acceptors (Lipinski definition) is 2. The van der Waals surface area contributed by atoms with E-state index in [1.807, 2.05) is 41.0 Å². The first-order valence-electron chi connectivity index (χ1n) is 9.43. The normalized spacial score (nSPS) is 11.0. The van der Waals surface area contributed by atoms with Crippen LogP contribution < -0.4 is 5.32 Å². The largest absolute Gasteiger partial charge is 0.327 e. The number of aromatic nitrogens is 2. The van der Waals surface area contributed by atoms with Crippen LogP contribution in [0.3, 0.4) is 0 Å². The molecular weight excluding hydrogens is 424 g/mol. The van der Waals surface area contributed by atoms with Crippen molar-refractivity contribution in [2.75, 3.05) is 5.32 Å². The van der Waals surface area contributed by atoms with Gasteiger partial charge in [-0.05, 0) is 54.1 Å². The number of anilines is 1. The maximum absolute atomic E-state index is 13.0. The fraction of sp³-hybridized carbons (Fsp3) is 0.130. The number of benzene rings is 3. The Morgan fingerprint density at radius 3 is 2.53 bits per heavy atom. The van der Waals surface area contributed by atoms with E-state index in [0.717, 1.165) is 22.4 Å². The molecule has 1 amide bonds. The lowest BCUT2D eigenvalue weighted by Gasteiger charge is -2.10. The van der Waals surface area contributed by atoms with Gasteiger partial charge < -0.3 is 9.88 Å². The van der Waals surface area contributed by atoms with E-state index in [0.29, 0.717) is 28.7 Å². The minimum atomic E-state index is -0.343. The number of para-hydroxylation sites is 2. The number of aryl methyl sites for hydroxylation is 1. The number of nitrogens with one attached hydrogen (secondary N) is 1. The second kappa shape index (κ2) is 8.86. The standard InChI is InChI=1S/C23H18Cl2FN3O/c24-18-10-5-15(13-19(18)25)14-22-28-20-3-1-2-4-21(20)29(22)12-11-23(30)27-17-8-6-16(26)7-9-17/h1-10,13H,11-12,14H2,(H,27,30). The third kappa shape index (κ3) is 4.64. The van der Waals surface area contributed by atoms with Gasteiger partial charge in [0.1, 0.15) is 11.6 Å². The van der Waals surface area contributed by atoms with Crippen molar-refractivity contribution in [2.24, 2.45) is 0 Å². The summed E-state index contributed by atoms with van der Waals surface area (Å²) < 4.78 is 15.1. The second-order valence-corrected chi connectivity index (χ2v) is 7.71. The maximum atomic E-state index is 13.0. The smallest absolute Gasteiger partial charge is 0.226 e. The number of rotatable bonds is 6. The highest BCUT2D eigenvalue weighted by molar-refractivity contribution is 6.42. The molecule has 4 aromatic rings. The van der Waals surface area contributed by atoms with Crippen LogP contribution in [0.15, 0.2) is 66.7 Å². The zero-order valence-corrected chi connectivity index (χ0v) is 17.4. The summed E-state index contributed by atoms with van der Waals surface area (Å²) in [5.74, 6) is 0.342. The van der Waals surface area contributed by atoms with Crippen LogP contribution in [0.1, 0.15) is 17.8 Å². The molecule has 0 atom stereocenters. The van der Waals surface area contributed by atoms with Gasteiger partial charge in [0, 0.05) is 25.1 Å². The molecule has 7 heteroatoms. The number of imidazole rings is 1. The van der Waals surface area contributed by atoms with Crippen LogP contribution in [0, 0.1) is 5.82 Å². The van der Waals surface area contributed by atoms with Crippen LogP contribution in [-0.4, -0.2) is 15.5 Å². The third-order valence-corrected chi connectivity index (χ3v) is 5.51. The van der Waals surface area contributed by atoms with Gasteiger partial charge in [-0.1, -0.05) is 41.4 Å². The van der Waals surface area contributed by atoms with Gasteiger partial charge in [0.25, 0.3) is 0 Å². The Bertz CT molecular complexity index is 1210. The number of fused-ring (bicyclic) bond motifs is 1. The van der Waals surface area contributed by atoms with Crippen LogP contribution in [0.2, 0.25) is 10.0 Å². The molecule has 1 heterocycles. The minimum Gasteiger partial charge on any atom is -0.327 e. The molecule has 4 rings (SSSR count). The first kappa shape index (κ1) is 20.4. The van der Waals surface area contributed by atoms with Crippen molar-refractivity contribution >= 4 is 45.8 Å². The first-order valence-corrected chi connectivity index (χ1v) is 10.2. The van der Waals surface area contributed by atoms with Gasteiger partial charge in [0.2, 0.25) is 5.91 Å². The summed E-state index contributed by atoms with van der Waals surface area (Å²) in [4.78, 5) is 17.2. The van der Waals surface area contributed by atoms with Gasteiger partial charge in [-0.2, -0.15) is 0 Å². The van der Waals surface area contributed by atoms with Crippen molar-refractivity contribution in [3.63, 3.8) is 0 Å². The number of hydrogen-bond donors (Lipinski definition) is 1. The van der Waals surface area contributed by atoms with E-state index in [-0.39, 0.29) is 18.1 Å². The van der Waals surface area contributed by atoms with Crippen LogP contribution in [0.4, 0.5) is 10.1 Å². The lowest BCUT2D eigenvalue weighted by Crippen LogP contribution is -2.15. The molecule has 0 unspecified atom stereocenters. The van der Waals surface area contributed by atoms with Gasteiger partial charge in [-0.3, -0.25) is 4.79 Å². The Hall–Kier alpha value is -2.89. The lowest BCUT2D eigenvalue weighted by molar-refractivity contribution is -0.116. The van der Waals surface area contributed by atoms with Crippen molar-refractivity contribution in [2.45, 2.75) is 19.4 Å². The van der Waals surface area contributed by atoms with E-state index in [1.165, 1.54) is 24.3 Å². The Morgan fingerprint density at radius 1 is 1.00 bits per heavy atom. The maximum Gasteiger partial charge on any atom is 0.226 e. The van der Waals surface area contributed by atoms with E-state index in [9.17, 15) is 9.18 Å². The Kier molecular flexibility index (Phi) is 6.02. The molecule has 0 saturated heterocycles. The molecule has 30 heavy (non-hydrogen) atoms. The molecule has 0 aliphatic heterocycles. The van der Waals surface area contributed by atoms with Crippen LogP contribution >= 0.6 is 23.2 Å². The van der Waals surface area contributed by atoms with E-state index >= 15 is 0 Å². The Morgan fingerprint density at radius 2 is 1.77 bits per heavy atom. The molecular formula is C23H18Cl2FN3O. The monoisotopic (exact) mass is 441 g/mol. The highest BCUT2D eigenvalue weighted by atomic mass is 35.5. The number of carbonyl (C=O) groups is 1.